The van der Waals surface area contributed by atoms with Gasteiger partial charge in [0.2, 0.25) is 0 Å². The molecule has 0 spiro atoms. The average molecular weight is 337 g/mol. The number of alkyl halides is 3. The third kappa shape index (κ3) is 3.99. The van der Waals surface area contributed by atoms with Crippen LogP contribution in [-0.4, -0.2) is 48.5 Å². The number of methoxy groups -OCH3 is 1. The molecule has 2 heterocycles. The highest BCUT2D eigenvalue weighted by atomic mass is 32.1. The summed E-state index contributed by atoms with van der Waals surface area (Å²) in [6.45, 7) is 1.44. The van der Waals surface area contributed by atoms with Gasteiger partial charge in [0.1, 0.15) is 4.88 Å². The van der Waals surface area contributed by atoms with Gasteiger partial charge in [-0.1, -0.05) is 0 Å². The summed E-state index contributed by atoms with van der Waals surface area (Å²) in [5.41, 5.74) is 0.826. The molecule has 0 aromatic carbocycles. The van der Waals surface area contributed by atoms with Crippen LogP contribution in [0.25, 0.3) is 0 Å². The molecular weight excluding hydrogens is 319 g/mol. The largest absolute Gasteiger partial charge is 0.465 e. The molecule has 0 saturated carbocycles. The van der Waals surface area contributed by atoms with Crippen LogP contribution in [0.15, 0.2) is 11.4 Å². The number of halogens is 3. The van der Waals surface area contributed by atoms with Crippen LogP contribution in [0.5, 0.6) is 0 Å². The van der Waals surface area contributed by atoms with Gasteiger partial charge in [-0.2, -0.15) is 13.2 Å². The van der Waals surface area contributed by atoms with Crippen molar-refractivity contribution >= 4 is 17.3 Å². The maximum absolute atomic E-state index is 12.5. The van der Waals surface area contributed by atoms with E-state index in [1.54, 1.807) is 5.38 Å². The third-order valence-electron chi connectivity index (χ3n) is 3.93. The Bertz CT molecular complexity index is 510. The lowest BCUT2D eigenvalue weighted by atomic mass is 9.90. The number of thiophene rings is 1. The zero-order valence-corrected chi connectivity index (χ0v) is 12.9. The molecule has 8 heteroatoms. The van der Waals surface area contributed by atoms with E-state index in [0.29, 0.717) is 37.4 Å². The van der Waals surface area contributed by atoms with Crippen molar-refractivity contribution < 1.29 is 27.8 Å². The van der Waals surface area contributed by atoms with Crippen molar-refractivity contribution in [2.24, 2.45) is 5.92 Å². The summed E-state index contributed by atoms with van der Waals surface area (Å²) >= 11 is 1.29. The Morgan fingerprint density at radius 1 is 1.50 bits per heavy atom. The number of nitrogens with zero attached hydrogens (tertiary/aromatic N) is 1. The number of aliphatic hydroxyl groups is 1. The predicted molar refractivity (Wildman–Crippen MR) is 75.7 cm³/mol. The van der Waals surface area contributed by atoms with E-state index < -0.39 is 24.2 Å². The highest BCUT2D eigenvalue weighted by Crippen LogP contribution is 2.32. The van der Waals surface area contributed by atoms with Gasteiger partial charge < -0.3 is 9.84 Å². The van der Waals surface area contributed by atoms with Crippen molar-refractivity contribution in [2.75, 3.05) is 20.2 Å². The lowest BCUT2D eigenvalue weighted by molar-refractivity contribution is -0.223. The second-order valence-corrected chi connectivity index (χ2v) is 6.28. The molecule has 0 amide bonds. The molecule has 22 heavy (non-hydrogen) atoms. The number of aliphatic hydroxyl groups excluding tert-OH is 1. The van der Waals surface area contributed by atoms with Gasteiger partial charge in [-0.3, -0.25) is 4.90 Å². The van der Waals surface area contributed by atoms with Gasteiger partial charge in [0, 0.05) is 6.54 Å². The standard InChI is InChI=1S/C14H18F3NO3S/c1-21-13(20)11-10(4-7-22-11)8-18-5-2-9(3-6-18)12(19)14(15,16)17/h4,7,9,12,19H,2-3,5-6,8H2,1H3. The first-order valence-electron chi connectivity index (χ1n) is 6.94. The summed E-state index contributed by atoms with van der Waals surface area (Å²) in [5.74, 6) is -1.15. The number of piperidine rings is 1. The maximum Gasteiger partial charge on any atom is 0.414 e. The van der Waals surface area contributed by atoms with E-state index in [0.717, 1.165) is 5.56 Å². The number of carbonyl (C=O) groups is 1. The molecule has 1 aromatic rings. The fourth-order valence-corrected chi connectivity index (χ4v) is 3.50. The average Bonchev–Trinajstić information content (AvgIpc) is 2.93. The van der Waals surface area contributed by atoms with Crippen LogP contribution >= 0.6 is 11.3 Å². The summed E-state index contributed by atoms with van der Waals surface area (Å²) in [6, 6.07) is 1.83. The van der Waals surface area contributed by atoms with Crippen LogP contribution < -0.4 is 0 Å². The zero-order valence-electron chi connectivity index (χ0n) is 12.1. The Balaban J connectivity index is 1.91. The van der Waals surface area contributed by atoms with Crippen LogP contribution in [0, 0.1) is 5.92 Å². The molecule has 1 atom stereocenters. The lowest BCUT2D eigenvalue weighted by Gasteiger charge is -2.34. The molecule has 0 bridgehead atoms. The molecule has 0 radical (unpaired) electrons. The first-order valence-corrected chi connectivity index (χ1v) is 7.82. The van der Waals surface area contributed by atoms with Crippen molar-refractivity contribution in [2.45, 2.75) is 31.7 Å². The van der Waals surface area contributed by atoms with Crippen molar-refractivity contribution in [1.82, 2.24) is 4.90 Å². The van der Waals surface area contributed by atoms with Crippen molar-refractivity contribution in [1.29, 1.82) is 0 Å². The summed E-state index contributed by atoms with van der Waals surface area (Å²) in [5, 5.41) is 11.1. The molecule has 2 rings (SSSR count). The first-order chi connectivity index (χ1) is 10.3. The number of carbonyl (C=O) groups excluding carboxylic acids is 1. The minimum atomic E-state index is -4.56. The Labute approximate surface area is 130 Å². The smallest absolute Gasteiger partial charge is 0.414 e. The van der Waals surface area contributed by atoms with Crippen LogP contribution in [0.1, 0.15) is 28.1 Å². The molecule has 1 aliphatic rings. The van der Waals surface area contributed by atoms with Crippen molar-refractivity contribution in [3.63, 3.8) is 0 Å². The number of esters is 1. The SMILES string of the molecule is COC(=O)c1sccc1CN1CCC(C(O)C(F)(F)F)CC1. The monoisotopic (exact) mass is 337 g/mol. The van der Waals surface area contributed by atoms with Crippen LogP contribution in [0.3, 0.4) is 0 Å². The van der Waals surface area contributed by atoms with E-state index in [9.17, 15) is 23.1 Å². The van der Waals surface area contributed by atoms with E-state index in [1.807, 2.05) is 11.0 Å². The van der Waals surface area contributed by atoms with Crippen molar-refractivity contribution in [3.05, 3.63) is 21.9 Å². The van der Waals surface area contributed by atoms with E-state index in [2.05, 4.69) is 0 Å². The molecule has 1 N–H and O–H groups in total. The van der Waals surface area contributed by atoms with Gasteiger partial charge in [-0.25, -0.2) is 4.79 Å². The number of hydrogen-bond acceptors (Lipinski definition) is 5. The van der Waals surface area contributed by atoms with E-state index >= 15 is 0 Å². The van der Waals surface area contributed by atoms with Crippen molar-refractivity contribution in [3.8, 4) is 0 Å². The minimum Gasteiger partial charge on any atom is -0.465 e. The molecule has 1 aromatic heterocycles. The maximum atomic E-state index is 12.5. The fraction of sp³-hybridized carbons (Fsp3) is 0.643. The summed E-state index contributed by atoms with van der Waals surface area (Å²) in [6.07, 6.45) is -6.23. The normalized spacial score (nSPS) is 19.1. The molecular formula is C14H18F3NO3S. The highest BCUT2D eigenvalue weighted by molar-refractivity contribution is 7.12. The zero-order chi connectivity index (χ0) is 16.3. The van der Waals surface area contributed by atoms with E-state index in [4.69, 9.17) is 4.74 Å². The lowest BCUT2D eigenvalue weighted by Crippen LogP contribution is -2.43. The van der Waals surface area contributed by atoms with Crippen LogP contribution in [0.4, 0.5) is 13.2 Å². The van der Waals surface area contributed by atoms with Gasteiger partial charge in [0.05, 0.1) is 7.11 Å². The quantitative estimate of drug-likeness (QED) is 0.858. The molecule has 0 aliphatic carbocycles. The third-order valence-corrected chi connectivity index (χ3v) is 4.86. The number of likely N-dealkylation sites (tertiary alicyclic amines) is 1. The van der Waals surface area contributed by atoms with Gasteiger partial charge in [-0.15, -0.1) is 11.3 Å². The van der Waals surface area contributed by atoms with E-state index in [-0.39, 0.29) is 0 Å². The second kappa shape index (κ2) is 6.97. The first kappa shape index (κ1) is 17.2. The minimum absolute atomic E-state index is 0.290. The Morgan fingerprint density at radius 2 is 2.14 bits per heavy atom. The Morgan fingerprint density at radius 3 is 2.68 bits per heavy atom. The van der Waals surface area contributed by atoms with Gasteiger partial charge in [0.15, 0.2) is 6.10 Å². The second-order valence-electron chi connectivity index (χ2n) is 5.37. The highest BCUT2D eigenvalue weighted by Gasteiger charge is 2.44. The van der Waals surface area contributed by atoms with Gasteiger partial charge in [-0.05, 0) is 48.9 Å². The summed E-state index contributed by atoms with van der Waals surface area (Å²) < 4.78 is 42.2. The fourth-order valence-electron chi connectivity index (χ4n) is 2.67. The van der Waals surface area contributed by atoms with E-state index in [1.165, 1.54) is 18.4 Å². The summed E-state index contributed by atoms with van der Waals surface area (Å²) in [7, 11) is 1.32. The van der Waals surface area contributed by atoms with Crippen LogP contribution in [-0.2, 0) is 11.3 Å². The molecule has 1 fully saturated rings. The molecule has 1 saturated heterocycles. The van der Waals surface area contributed by atoms with Gasteiger partial charge in [0.25, 0.3) is 0 Å². The molecule has 1 aliphatic heterocycles. The summed E-state index contributed by atoms with van der Waals surface area (Å²) in [4.78, 5) is 14.1. The Kier molecular flexibility index (Phi) is 5.46. The number of rotatable bonds is 4. The predicted octanol–water partition coefficient (Wildman–Crippen LogP) is 2.67. The molecule has 124 valence electrons. The van der Waals surface area contributed by atoms with Gasteiger partial charge >= 0.3 is 12.1 Å². The molecule has 1 unspecified atom stereocenters. The molecule has 4 nitrogen and oxygen atoms in total. The number of hydrogen-bond donors (Lipinski definition) is 1. The van der Waals surface area contributed by atoms with Crippen LogP contribution in [0.2, 0.25) is 0 Å². The Hall–Kier alpha value is -1.12. The number of ether oxygens (including phenoxy) is 1. The topological polar surface area (TPSA) is 49.8 Å².